The standard InChI is InChI=1S/C6H15NOP/c1-7(9)4-2-3-6(7)5-8/h6,8H,2-5,9H2,1H3/q+1. The van der Waals surface area contributed by atoms with Gasteiger partial charge in [-0.15, -0.1) is 0 Å². The maximum atomic E-state index is 8.87. The number of nitrogens with zero attached hydrogens (tertiary/aromatic N) is 1. The summed E-state index contributed by atoms with van der Waals surface area (Å²) in [5.74, 6) is 0. The van der Waals surface area contributed by atoms with E-state index in [2.05, 4.69) is 16.4 Å². The Balaban J connectivity index is 2.52. The first-order valence-electron chi connectivity index (χ1n) is 3.41. The van der Waals surface area contributed by atoms with Crippen LogP contribution in [0.25, 0.3) is 0 Å². The first-order valence-corrected chi connectivity index (χ1v) is 3.93. The molecule has 1 N–H and O–H groups in total. The van der Waals surface area contributed by atoms with Crippen LogP contribution in [0.3, 0.4) is 0 Å². The van der Waals surface area contributed by atoms with Gasteiger partial charge in [-0.25, -0.2) is 0 Å². The minimum Gasteiger partial charge on any atom is -0.390 e. The normalized spacial score (nSPS) is 43.7. The number of hydrogen-bond donors (Lipinski definition) is 1. The fourth-order valence-electron chi connectivity index (χ4n) is 1.42. The largest absolute Gasteiger partial charge is 0.390 e. The minimum absolute atomic E-state index is 0.333. The highest BCUT2D eigenvalue weighted by molar-refractivity contribution is 7.08. The average Bonchev–Trinajstić information content (AvgIpc) is 2.08. The molecule has 0 spiro atoms. The number of quaternary nitrogens is 1. The summed E-state index contributed by atoms with van der Waals surface area (Å²) in [6, 6.07) is 0.468. The third kappa shape index (κ3) is 1.43. The predicted octanol–water partition coefficient (Wildman–Crippen LogP) is 0.378. The number of likely N-dealkylation sites (N-methyl/N-ethyl adjacent to an activating group) is 1. The maximum absolute atomic E-state index is 8.87. The fraction of sp³-hybridized carbons (Fsp3) is 1.00. The summed E-state index contributed by atoms with van der Waals surface area (Å²) in [5.41, 5.74) is 0. The van der Waals surface area contributed by atoms with Gasteiger partial charge in [0.15, 0.2) is 0 Å². The Hall–Kier alpha value is 0.350. The molecule has 0 radical (unpaired) electrons. The van der Waals surface area contributed by atoms with Crippen LogP contribution in [0.4, 0.5) is 0 Å². The number of likely N-dealkylation sites (tertiary alicyclic amines) is 1. The number of aliphatic hydroxyl groups is 1. The van der Waals surface area contributed by atoms with Gasteiger partial charge in [0.2, 0.25) is 0 Å². The van der Waals surface area contributed by atoms with Crippen LogP contribution in [0, 0.1) is 0 Å². The molecule has 3 heteroatoms. The van der Waals surface area contributed by atoms with Gasteiger partial charge < -0.3 is 9.36 Å². The van der Waals surface area contributed by atoms with Crippen molar-refractivity contribution >= 4 is 9.39 Å². The third-order valence-corrected chi connectivity index (χ3v) is 2.90. The summed E-state index contributed by atoms with van der Waals surface area (Å²) in [7, 11) is 4.94. The highest BCUT2D eigenvalue weighted by Gasteiger charge is 2.33. The van der Waals surface area contributed by atoms with Gasteiger partial charge in [-0.2, -0.15) is 0 Å². The van der Waals surface area contributed by atoms with Crippen molar-refractivity contribution in [3.05, 3.63) is 0 Å². The van der Waals surface area contributed by atoms with Crippen LogP contribution < -0.4 is 0 Å². The van der Waals surface area contributed by atoms with Gasteiger partial charge in [-0.1, -0.05) is 0 Å². The number of hydrogen-bond acceptors (Lipinski definition) is 1. The zero-order chi connectivity index (χ0) is 6.91. The Morgan fingerprint density at radius 2 is 2.44 bits per heavy atom. The van der Waals surface area contributed by atoms with Gasteiger partial charge in [0, 0.05) is 12.8 Å². The summed E-state index contributed by atoms with van der Waals surface area (Å²) in [5, 5.41) is 8.87. The van der Waals surface area contributed by atoms with E-state index in [0.717, 1.165) is 4.25 Å². The van der Waals surface area contributed by atoms with Gasteiger partial charge in [0.25, 0.3) is 0 Å². The molecule has 1 fully saturated rings. The molecule has 0 saturated carbocycles. The zero-order valence-electron chi connectivity index (χ0n) is 5.88. The first-order chi connectivity index (χ1) is 4.17. The van der Waals surface area contributed by atoms with E-state index in [1.165, 1.54) is 19.4 Å². The molecule has 0 aliphatic carbocycles. The van der Waals surface area contributed by atoms with E-state index in [-0.39, 0.29) is 0 Å². The zero-order valence-corrected chi connectivity index (χ0v) is 7.03. The van der Waals surface area contributed by atoms with E-state index in [9.17, 15) is 0 Å². The Kier molecular flexibility index (Phi) is 2.10. The molecule has 0 aromatic heterocycles. The molecule has 1 rings (SSSR count). The molecule has 9 heavy (non-hydrogen) atoms. The molecule has 1 aliphatic rings. The van der Waals surface area contributed by atoms with Crippen molar-refractivity contribution in [2.45, 2.75) is 18.9 Å². The molecule has 54 valence electrons. The quantitative estimate of drug-likeness (QED) is 0.533. The van der Waals surface area contributed by atoms with Crippen LogP contribution in [-0.4, -0.2) is 35.6 Å². The van der Waals surface area contributed by atoms with Gasteiger partial charge in [0.05, 0.1) is 29.6 Å². The highest BCUT2D eigenvalue weighted by Crippen LogP contribution is 2.28. The highest BCUT2D eigenvalue weighted by atomic mass is 31.0. The van der Waals surface area contributed by atoms with Gasteiger partial charge in [-0.05, 0) is 0 Å². The number of aliphatic hydroxyl groups excluding tert-OH is 1. The second kappa shape index (κ2) is 2.53. The van der Waals surface area contributed by atoms with E-state index in [1.54, 1.807) is 0 Å². The van der Waals surface area contributed by atoms with Gasteiger partial charge >= 0.3 is 0 Å². The van der Waals surface area contributed by atoms with Gasteiger partial charge in [0.1, 0.15) is 6.04 Å². The van der Waals surface area contributed by atoms with E-state index in [1.807, 2.05) is 0 Å². The van der Waals surface area contributed by atoms with E-state index in [4.69, 9.17) is 5.11 Å². The van der Waals surface area contributed by atoms with Crippen molar-refractivity contribution in [1.29, 1.82) is 0 Å². The molecule has 2 nitrogen and oxygen atoms in total. The minimum atomic E-state index is 0.333. The molecule has 0 bridgehead atoms. The van der Waals surface area contributed by atoms with Gasteiger partial charge in [-0.3, -0.25) is 0 Å². The lowest BCUT2D eigenvalue weighted by Crippen LogP contribution is -2.39. The maximum Gasteiger partial charge on any atom is 0.113 e. The summed E-state index contributed by atoms with van der Waals surface area (Å²) in [6.45, 7) is 1.52. The molecule has 0 aromatic rings. The monoisotopic (exact) mass is 148 g/mol. The summed E-state index contributed by atoms with van der Waals surface area (Å²) < 4.78 is 0.927. The Morgan fingerprint density at radius 3 is 2.67 bits per heavy atom. The lowest BCUT2D eigenvalue weighted by atomic mass is 10.2. The molecule has 0 aromatic carbocycles. The first kappa shape index (κ1) is 7.46. The fourth-order valence-corrected chi connectivity index (χ4v) is 1.85. The van der Waals surface area contributed by atoms with Crippen LogP contribution in [0.5, 0.6) is 0 Å². The van der Waals surface area contributed by atoms with Crippen LogP contribution >= 0.6 is 9.39 Å². The van der Waals surface area contributed by atoms with E-state index < -0.39 is 0 Å². The van der Waals surface area contributed by atoms with Crippen LogP contribution in [0.1, 0.15) is 12.8 Å². The summed E-state index contributed by atoms with van der Waals surface area (Å²) in [6.07, 6.45) is 2.43. The van der Waals surface area contributed by atoms with Crippen molar-refractivity contribution in [2.24, 2.45) is 0 Å². The van der Waals surface area contributed by atoms with Crippen molar-refractivity contribution < 1.29 is 9.36 Å². The smallest absolute Gasteiger partial charge is 0.113 e. The number of rotatable bonds is 1. The van der Waals surface area contributed by atoms with Crippen LogP contribution in [-0.2, 0) is 0 Å². The Bertz CT molecular complexity index is 105. The molecule has 1 saturated heterocycles. The second-order valence-corrected chi connectivity index (χ2v) is 4.23. The molecule has 3 unspecified atom stereocenters. The van der Waals surface area contributed by atoms with Crippen molar-refractivity contribution in [3.8, 4) is 0 Å². The topological polar surface area (TPSA) is 20.2 Å². The average molecular weight is 148 g/mol. The van der Waals surface area contributed by atoms with E-state index in [0.29, 0.717) is 12.6 Å². The SMILES string of the molecule is C[N+]1(P)CCCC1CO. The molecule has 1 heterocycles. The molecular weight excluding hydrogens is 133 g/mol. The molecule has 3 atom stereocenters. The summed E-state index contributed by atoms with van der Waals surface area (Å²) >= 11 is 0. The summed E-state index contributed by atoms with van der Waals surface area (Å²) in [4.78, 5) is 0. The second-order valence-electron chi connectivity index (χ2n) is 3.05. The molecular formula is C6H15NOP+. The third-order valence-electron chi connectivity index (χ3n) is 2.22. The predicted molar refractivity (Wildman–Crippen MR) is 40.9 cm³/mol. The van der Waals surface area contributed by atoms with Crippen molar-refractivity contribution in [2.75, 3.05) is 20.2 Å². The van der Waals surface area contributed by atoms with Crippen LogP contribution in [0.15, 0.2) is 0 Å². The van der Waals surface area contributed by atoms with Crippen molar-refractivity contribution in [3.63, 3.8) is 0 Å². The Morgan fingerprint density at radius 1 is 1.78 bits per heavy atom. The van der Waals surface area contributed by atoms with Crippen LogP contribution in [0.2, 0.25) is 0 Å². The Labute approximate surface area is 58.7 Å². The molecule has 0 amide bonds. The lowest BCUT2D eigenvalue weighted by molar-refractivity contribution is -0.792. The van der Waals surface area contributed by atoms with E-state index >= 15 is 0 Å². The lowest BCUT2D eigenvalue weighted by Gasteiger charge is -2.29. The van der Waals surface area contributed by atoms with Crippen molar-refractivity contribution in [1.82, 2.24) is 0 Å². The molecule has 1 aliphatic heterocycles.